The summed E-state index contributed by atoms with van der Waals surface area (Å²) in [6, 6.07) is 1.73. The highest BCUT2D eigenvalue weighted by atomic mass is 16.5. The second-order valence-electron chi connectivity index (χ2n) is 1.93. The van der Waals surface area contributed by atoms with E-state index in [1.807, 2.05) is 0 Å². The van der Waals surface area contributed by atoms with Crippen molar-refractivity contribution in [3.63, 3.8) is 0 Å². The molecule has 6 heteroatoms. The number of nitrogens with two attached hydrogens (primary N) is 1. The van der Waals surface area contributed by atoms with E-state index in [1.165, 1.54) is 7.11 Å². The molecule has 0 atom stereocenters. The van der Waals surface area contributed by atoms with E-state index in [0.717, 1.165) is 10.9 Å². The maximum absolute atomic E-state index is 10.9. The lowest BCUT2D eigenvalue weighted by Gasteiger charge is -1.99. The molecule has 0 saturated carbocycles. The molecule has 0 bridgehead atoms. The van der Waals surface area contributed by atoms with Gasteiger partial charge in [-0.1, -0.05) is 0 Å². The molecule has 1 rings (SSSR count). The number of anilines is 1. The summed E-state index contributed by atoms with van der Waals surface area (Å²) in [5.74, 6) is -0.00986. The average molecular weight is 166 g/mol. The predicted octanol–water partition coefficient (Wildman–Crippen LogP) is -0.0485. The van der Waals surface area contributed by atoms with Gasteiger partial charge in [-0.15, -0.1) is 0 Å². The van der Waals surface area contributed by atoms with E-state index in [4.69, 9.17) is 11.0 Å². The van der Waals surface area contributed by atoms with E-state index in [0.29, 0.717) is 0 Å². The number of carbonyl (C=O) groups is 1. The van der Waals surface area contributed by atoms with Gasteiger partial charge in [0.05, 0.1) is 7.11 Å². The number of imidazole rings is 1. The Hall–Kier alpha value is -2.03. The Morgan fingerprint density at radius 1 is 1.92 bits per heavy atom. The van der Waals surface area contributed by atoms with Crippen molar-refractivity contribution < 1.29 is 9.53 Å². The number of hydrogen-bond donors (Lipinski definition) is 1. The molecule has 2 N–H and O–H groups in total. The molecular weight excluding hydrogens is 160 g/mol. The summed E-state index contributed by atoms with van der Waals surface area (Å²) in [5.41, 5.74) is 5.38. The summed E-state index contributed by atoms with van der Waals surface area (Å²) in [4.78, 5) is 14.5. The zero-order valence-electron chi connectivity index (χ0n) is 6.31. The van der Waals surface area contributed by atoms with Crippen LogP contribution in [0.25, 0.3) is 0 Å². The number of nitriles is 1. The Morgan fingerprint density at radius 3 is 3.00 bits per heavy atom. The summed E-state index contributed by atoms with van der Waals surface area (Å²) in [5, 5.41) is 8.43. The van der Waals surface area contributed by atoms with Crippen LogP contribution in [0.15, 0.2) is 6.33 Å². The lowest BCUT2D eigenvalue weighted by atomic mass is 10.5. The topological polar surface area (TPSA) is 93.9 Å². The first-order chi connectivity index (χ1) is 5.70. The predicted molar refractivity (Wildman–Crippen MR) is 39.2 cm³/mol. The first-order valence-corrected chi connectivity index (χ1v) is 3.02. The highest BCUT2D eigenvalue weighted by Gasteiger charge is 2.12. The molecule has 0 aromatic carbocycles. The van der Waals surface area contributed by atoms with Crippen molar-refractivity contribution in [1.82, 2.24) is 9.55 Å². The first-order valence-electron chi connectivity index (χ1n) is 3.02. The fraction of sp³-hybridized carbons (Fsp3) is 0.167. The fourth-order valence-corrected chi connectivity index (χ4v) is 0.688. The second kappa shape index (κ2) is 2.92. The molecule has 0 aliphatic carbocycles. The molecule has 0 unspecified atom stereocenters. The molecule has 0 aliphatic heterocycles. The van der Waals surface area contributed by atoms with Gasteiger partial charge >= 0.3 is 6.09 Å². The van der Waals surface area contributed by atoms with E-state index in [-0.39, 0.29) is 11.5 Å². The lowest BCUT2D eigenvalue weighted by Crippen LogP contribution is -2.13. The van der Waals surface area contributed by atoms with Crippen molar-refractivity contribution in [3.05, 3.63) is 12.0 Å². The lowest BCUT2D eigenvalue weighted by molar-refractivity contribution is 0.173. The Bertz CT molecular complexity index is 349. The molecule has 0 radical (unpaired) electrons. The third kappa shape index (κ3) is 1.08. The zero-order valence-corrected chi connectivity index (χ0v) is 6.31. The highest BCUT2D eigenvalue weighted by molar-refractivity contribution is 5.75. The maximum Gasteiger partial charge on any atom is 0.420 e. The second-order valence-corrected chi connectivity index (χ2v) is 1.93. The number of methoxy groups -OCH3 is 1. The van der Waals surface area contributed by atoms with Crippen molar-refractivity contribution in [2.24, 2.45) is 0 Å². The van der Waals surface area contributed by atoms with Gasteiger partial charge in [0.25, 0.3) is 0 Å². The Balaban J connectivity index is 3.12. The number of aromatic nitrogens is 2. The minimum absolute atomic E-state index is 0.00986. The van der Waals surface area contributed by atoms with Crippen LogP contribution < -0.4 is 5.73 Å². The Labute approximate surface area is 68.2 Å². The molecule has 6 nitrogen and oxygen atoms in total. The van der Waals surface area contributed by atoms with Gasteiger partial charge in [0.2, 0.25) is 0 Å². The molecule has 62 valence electrons. The summed E-state index contributed by atoms with van der Waals surface area (Å²) >= 11 is 0. The number of hydrogen-bond acceptors (Lipinski definition) is 5. The van der Waals surface area contributed by atoms with Crippen molar-refractivity contribution >= 4 is 11.9 Å². The first kappa shape index (κ1) is 8.07. The zero-order chi connectivity index (χ0) is 9.14. The molecule has 0 spiro atoms. The summed E-state index contributed by atoms with van der Waals surface area (Å²) in [6.07, 6.45) is 0.473. The monoisotopic (exact) mass is 166 g/mol. The maximum atomic E-state index is 10.9. The summed E-state index contributed by atoms with van der Waals surface area (Å²) in [7, 11) is 1.22. The minimum Gasteiger partial charge on any atom is -0.452 e. The Kier molecular flexibility index (Phi) is 1.96. The number of nitrogens with zero attached hydrogens (tertiary/aromatic N) is 3. The van der Waals surface area contributed by atoms with Gasteiger partial charge in [0.1, 0.15) is 12.4 Å². The number of ether oxygens (including phenoxy) is 1. The van der Waals surface area contributed by atoms with Crippen molar-refractivity contribution in [2.45, 2.75) is 0 Å². The van der Waals surface area contributed by atoms with Crippen LogP contribution in [0.3, 0.4) is 0 Å². The van der Waals surface area contributed by atoms with Crippen LogP contribution >= 0.6 is 0 Å². The molecule has 1 aromatic heterocycles. The number of carbonyl (C=O) groups excluding carboxylic acids is 1. The average Bonchev–Trinajstić information content (AvgIpc) is 2.45. The third-order valence-corrected chi connectivity index (χ3v) is 1.28. The Morgan fingerprint density at radius 2 is 2.58 bits per heavy atom. The van der Waals surface area contributed by atoms with Crippen molar-refractivity contribution in [3.8, 4) is 6.07 Å². The van der Waals surface area contributed by atoms with Crippen LogP contribution in [0.4, 0.5) is 10.6 Å². The quantitative estimate of drug-likeness (QED) is 0.583. The third-order valence-electron chi connectivity index (χ3n) is 1.28. The highest BCUT2D eigenvalue weighted by Crippen LogP contribution is 2.07. The smallest absolute Gasteiger partial charge is 0.420 e. The molecule has 1 heterocycles. The summed E-state index contributed by atoms with van der Waals surface area (Å²) < 4.78 is 5.33. The largest absolute Gasteiger partial charge is 0.452 e. The van der Waals surface area contributed by atoms with Crippen molar-refractivity contribution in [1.29, 1.82) is 5.26 Å². The van der Waals surface area contributed by atoms with Gasteiger partial charge in [0, 0.05) is 0 Å². The van der Waals surface area contributed by atoms with Gasteiger partial charge in [-0.3, -0.25) is 0 Å². The van der Waals surface area contributed by atoms with Crippen LogP contribution in [0.1, 0.15) is 5.69 Å². The normalized spacial score (nSPS) is 9.00. The van der Waals surface area contributed by atoms with Crippen LogP contribution in [0.5, 0.6) is 0 Å². The standard InChI is InChI=1S/C6H6N4O2/c1-12-6(11)10-3-9-4(2-7)5(10)8/h3H,8H2,1H3. The van der Waals surface area contributed by atoms with E-state index in [1.54, 1.807) is 6.07 Å². The molecule has 0 fully saturated rings. The van der Waals surface area contributed by atoms with E-state index >= 15 is 0 Å². The van der Waals surface area contributed by atoms with Gasteiger partial charge in [-0.05, 0) is 0 Å². The van der Waals surface area contributed by atoms with Gasteiger partial charge in [-0.2, -0.15) is 5.26 Å². The van der Waals surface area contributed by atoms with Gasteiger partial charge in [0.15, 0.2) is 11.5 Å². The van der Waals surface area contributed by atoms with E-state index in [2.05, 4.69) is 9.72 Å². The van der Waals surface area contributed by atoms with Crippen LogP contribution in [-0.4, -0.2) is 22.8 Å². The molecule has 0 saturated heterocycles. The van der Waals surface area contributed by atoms with Gasteiger partial charge in [-0.25, -0.2) is 14.3 Å². The minimum atomic E-state index is -0.665. The van der Waals surface area contributed by atoms with Crippen molar-refractivity contribution in [2.75, 3.05) is 12.8 Å². The molecule has 0 aliphatic rings. The SMILES string of the molecule is COC(=O)n1cnc(C#N)c1N. The molecule has 12 heavy (non-hydrogen) atoms. The van der Waals surface area contributed by atoms with E-state index < -0.39 is 6.09 Å². The van der Waals surface area contributed by atoms with Crippen LogP contribution in [0, 0.1) is 11.3 Å². The van der Waals surface area contributed by atoms with Crippen LogP contribution in [0.2, 0.25) is 0 Å². The fourth-order valence-electron chi connectivity index (χ4n) is 0.688. The number of rotatable bonds is 0. The molecular formula is C6H6N4O2. The molecule has 0 amide bonds. The number of nitrogen functional groups attached to an aromatic ring is 1. The van der Waals surface area contributed by atoms with Crippen LogP contribution in [-0.2, 0) is 4.74 Å². The molecule has 1 aromatic rings. The summed E-state index contributed by atoms with van der Waals surface area (Å²) in [6.45, 7) is 0. The van der Waals surface area contributed by atoms with Gasteiger partial charge < -0.3 is 10.5 Å². The van der Waals surface area contributed by atoms with E-state index in [9.17, 15) is 4.79 Å².